The molecule has 1 aromatic heterocycles. The number of anilines is 1. The Hall–Kier alpha value is -1.61. The van der Waals surface area contributed by atoms with E-state index < -0.39 is 0 Å². The molecule has 3 nitrogen and oxygen atoms in total. The van der Waals surface area contributed by atoms with Crippen LogP contribution >= 0.6 is 0 Å². The fourth-order valence-corrected chi connectivity index (χ4v) is 3.32. The Bertz CT molecular complexity index is 596. The second-order valence-electron chi connectivity index (χ2n) is 6.15. The molecule has 3 heteroatoms. The maximum atomic E-state index is 4.54. The van der Waals surface area contributed by atoms with Crippen LogP contribution in [0.3, 0.4) is 0 Å². The molecule has 2 atom stereocenters. The lowest BCUT2D eigenvalue weighted by Gasteiger charge is -2.35. The highest BCUT2D eigenvalue weighted by Gasteiger charge is 2.23. The number of hydrogen-bond acceptors (Lipinski definition) is 3. The molecule has 1 saturated heterocycles. The van der Waals surface area contributed by atoms with Gasteiger partial charge in [0.25, 0.3) is 0 Å². The summed E-state index contributed by atoms with van der Waals surface area (Å²) in [4.78, 5) is 7.10. The third kappa shape index (κ3) is 3.35. The van der Waals surface area contributed by atoms with Crippen molar-refractivity contribution in [3.8, 4) is 0 Å². The van der Waals surface area contributed by atoms with Crippen molar-refractivity contribution in [1.29, 1.82) is 0 Å². The van der Waals surface area contributed by atoms with Gasteiger partial charge < -0.3 is 10.2 Å². The Kier molecular flexibility index (Phi) is 4.39. The SMILES string of the molecule is CCN1CCCC(C(C)Nc2cnc3ccccc3c2)C1. The molecule has 1 fully saturated rings. The molecule has 0 amide bonds. The molecule has 0 bridgehead atoms. The van der Waals surface area contributed by atoms with E-state index in [2.05, 4.69) is 53.3 Å². The topological polar surface area (TPSA) is 28.2 Å². The number of nitrogens with one attached hydrogen (secondary N) is 1. The van der Waals surface area contributed by atoms with Gasteiger partial charge in [0.05, 0.1) is 17.4 Å². The minimum absolute atomic E-state index is 0.488. The van der Waals surface area contributed by atoms with E-state index >= 15 is 0 Å². The first-order valence-electron chi connectivity index (χ1n) is 8.10. The minimum atomic E-state index is 0.488. The van der Waals surface area contributed by atoms with Crippen molar-refractivity contribution in [2.24, 2.45) is 5.92 Å². The van der Waals surface area contributed by atoms with Gasteiger partial charge in [-0.15, -0.1) is 0 Å². The molecule has 1 aromatic carbocycles. The third-order valence-corrected chi connectivity index (χ3v) is 4.68. The van der Waals surface area contributed by atoms with Gasteiger partial charge >= 0.3 is 0 Å². The van der Waals surface area contributed by atoms with Gasteiger partial charge in [0.1, 0.15) is 0 Å². The zero-order valence-corrected chi connectivity index (χ0v) is 13.0. The largest absolute Gasteiger partial charge is 0.381 e. The first-order chi connectivity index (χ1) is 10.3. The zero-order valence-electron chi connectivity index (χ0n) is 13.0. The number of fused-ring (bicyclic) bond motifs is 1. The number of likely N-dealkylation sites (tertiary alicyclic amines) is 1. The van der Waals surface area contributed by atoms with Crippen LogP contribution in [0.4, 0.5) is 5.69 Å². The molecule has 3 rings (SSSR count). The quantitative estimate of drug-likeness (QED) is 0.926. The van der Waals surface area contributed by atoms with Crippen LogP contribution in [-0.4, -0.2) is 35.6 Å². The Labute approximate surface area is 127 Å². The third-order valence-electron chi connectivity index (χ3n) is 4.68. The van der Waals surface area contributed by atoms with Gasteiger partial charge in [0.2, 0.25) is 0 Å². The molecule has 0 aliphatic carbocycles. The smallest absolute Gasteiger partial charge is 0.0703 e. The van der Waals surface area contributed by atoms with Gasteiger partial charge in [0.15, 0.2) is 0 Å². The van der Waals surface area contributed by atoms with Gasteiger partial charge in [-0.3, -0.25) is 4.98 Å². The summed E-state index contributed by atoms with van der Waals surface area (Å²) in [6.07, 6.45) is 4.60. The highest BCUT2D eigenvalue weighted by atomic mass is 15.1. The van der Waals surface area contributed by atoms with Crippen LogP contribution in [0.15, 0.2) is 36.5 Å². The molecule has 1 aliphatic rings. The van der Waals surface area contributed by atoms with Crippen LogP contribution in [0.1, 0.15) is 26.7 Å². The molecule has 1 aliphatic heterocycles. The van der Waals surface area contributed by atoms with Gasteiger partial charge in [-0.05, 0) is 50.9 Å². The fourth-order valence-electron chi connectivity index (χ4n) is 3.32. The van der Waals surface area contributed by atoms with E-state index in [9.17, 15) is 0 Å². The average Bonchev–Trinajstić information content (AvgIpc) is 2.54. The number of benzene rings is 1. The second-order valence-corrected chi connectivity index (χ2v) is 6.15. The van der Waals surface area contributed by atoms with Crippen molar-refractivity contribution < 1.29 is 0 Å². The van der Waals surface area contributed by atoms with Gasteiger partial charge in [-0.1, -0.05) is 25.1 Å². The monoisotopic (exact) mass is 283 g/mol. The molecule has 0 saturated carbocycles. The normalized spacial score (nSPS) is 21.3. The predicted octanol–water partition coefficient (Wildman–Crippen LogP) is 3.77. The van der Waals surface area contributed by atoms with Gasteiger partial charge in [0, 0.05) is 18.0 Å². The van der Waals surface area contributed by atoms with Crippen molar-refractivity contribution in [3.63, 3.8) is 0 Å². The fraction of sp³-hybridized carbons (Fsp3) is 0.500. The standard InChI is InChI=1S/C18H25N3/c1-3-21-10-6-8-16(13-21)14(2)20-17-11-15-7-4-5-9-18(15)19-12-17/h4-5,7,9,11-12,14,16,20H,3,6,8,10,13H2,1-2H3. The van der Waals surface area contributed by atoms with Gasteiger partial charge in [-0.2, -0.15) is 0 Å². The summed E-state index contributed by atoms with van der Waals surface area (Å²) in [5, 5.41) is 4.86. The molecule has 2 aromatic rings. The van der Waals surface area contributed by atoms with E-state index in [1.165, 1.54) is 37.9 Å². The summed E-state index contributed by atoms with van der Waals surface area (Å²) in [5.41, 5.74) is 2.19. The van der Waals surface area contributed by atoms with E-state index in [-0.39, 0.29) is 0 Å². The molecule has 0 spiro atoms. The van der Waals surface area contributed by atoms with E-state index in [0.29, 0.717) is 6.04 Å². The van der Waals surface area contributed by atoms with Crippen LogP contribution < -0.4 is 5.32 Å². The predicted molar refractivity (Wildman–Crippen MR) is 89.7 cm³/mol. The Morgan fingerprint density at radius 1 is 1.38 bits per heavy atom. The second kappa shape index (κ2) is 6.44. The number of para-hydroxylation sites is 1. The lowest BCUT2D eigenvalue weighted by Crippen LogP contribution is -2.41. The van der Waals surface area contributed by atoms with Crippen molar-refractivity contribution in [1.82, 2.24) is 9.88 Å². The molecular formula is C18H25N3. The van der Waals surface area contributed by atoms with Crippen molar-refractivity contribution in [3.05, 3.63) is 36.5 Å². The minimum Gasteiger partial charge on any atom is -0.381 e. The number of hydrogen-bond donors (Lipinski definition) is 1. The van der Waals surface area contributed by atoms with Gasteiger partial charge in [-0.25, -0.2) is 0 Å². The average molecular weight is 283 g/mol. The number of pyridine rings is 1. The van der Waals surface area contributed by atoms with Crippen LogP contribution in [0, 0.1) is 5.92 Å². The molecule has 2 heterocycles. The Balaban J connectivity index is 1.69. The van der Waals surface area contributed by atoms with E-state index in [1.807, 2.05) is 12.3 Å². The molecule has 0 radical (unpaired) electrons. The molecule has 21 heavy (non-hydrogen) atoms. The first-order valence-corrected chi connectivity index (χ1v) is 8.10. The molecule has 2 unspecified atom stereocenters. The van der Waals surface area contributed by atoms with Crippen molar-refractivity contribution in [2.45, 2.75) is 32.7 Å². The highest BCUT2D eigenvalue weighted by Crippen LogP contribution is 2.23. The molecular weight excluding hydrogens is 258 g/mol. The van der Waals surface area contributed by atoms with Crippen LogP contribution in [0.5, 0.6) is 0 Å². The van der Waals surface area contributed by atoms with Crippen molar-refractivity contribution in [2.75, 3.05) is 25.0 Å². The van der Waals surface area contributed by atoms with E-state index in [4.69, 9.17) is 0 Å². The first kappa shape index (κ1) is 14.3. The van der Waals surface area contributed by atoms with Crippen LogP contribution in [0.25, 0.3) is 10.9 Å². The zero-order chi connectivity index (χ0) is 14.7. The Morgan fingerprint density at radius 2 is 2.24 bits per heavy atom. The summed E-state index contributed by atoms with van der Waals surface area (Å²) < 4.78 is 0. The van der Waals surface area contributed by atoms with Crippen LogP contribution in [0.2, 0.25) is 0 Å². The number of aromatic nitrogens is 1. The summed E-state index contributed by atoms with van der Waals surface area (Å²) >= 11 is 0. The van der Waals surface area contributed by atoms with Crippen LogP contribution in [-0.2, 0) is 0 Å². The summed E-state index contributed by atoms with van der Waals surface area (Å²) in [5.74, 6) is 0.727. The number of piperidine rings is 1. The maximum Gasteiger partial charge on any atom is 0.0703 e. The maximum absolute atomic E-state index is 4.54. The lowest BCUT2D eigenvalue weighted by atomic mass is 9.91. The number of rotatable bonds is 4. The number of nitrogens with zero attached hydrogens (tertiary/aromatic N) is 2. The Morgan fingerprint density at radius 3 is 3.10 bits per heavy atom. The van der Waals surface area contributed by atoms with Crippen molar-refractivity contribution >= 4 is 16.6 Å². The van der Waals surface area contributed by atoms with E-state index in [0.717, 1.165) is 17.1 Å². The van der Waals surface area contributed by atoms with E-state index in [1.54, 1.807) is 0 Å². The summed E-state index contributed by atoms with van der Waals surface area (Å²) in [7, 11) is 0. The summed E-state index contributed by atoms with van der Waals surface area (Å²) in [6.45, 7) is 8.20. The lowest BCUT2D eigenvalue weighted by molar-refractivity contribution is 0.172. The molecule has 112 valence electrons. The highest BCUT2D eigenvalue weighted by molar-refractivity contribution is 5.81. The molecule has 1 N–H and O–H groups in total. The summed E-state index contributed by atoms with van der Waals surface area (Å²) in [6, 6.07) is 11.0.